The van der Waals surface area contributed by atoms with Crippen LogP contribution < -0.4 is 4.57 Å². The summed E-state index contributed by atoms with van der Waals surface area (Å²) in [7, 11) is 2.15. The number of nitrogens with zero attached hydrogens (tertiary/aromatic N) is 1. The highest BCUT2D eigenvalue weighted by Gasteiger charge is 2.18. The minimum absolute atomic E-state index is 1.32. The van der Waals surface area contributed by atoms with E-state index in [1.54, 1.807) is 0 Å². The van der Waals surface area contributed by atoms with Gasteiger partial charge >= 0.3 is 0 Å². The Labute approximate surface area is 103 Å². The first-order chi connectivity index (χ1) is 7.81. The topological polar surface area (TPSA) is 3.88 Å². The number of thiazole rings is 1. The van der Waals surface area contributed by atoms with E-state index in [4.69, 9.17) is 0 Å². The highest BCUT2D eigenvalue weighted by Crippen LogP contribution is 2.30. The Kier molecular flexibility index (Phi) is 2.37. The largest absolute Gasteiger partial charge is 0.297 e. The number of fused-ring (bicyclic) bond motifs is 3. The summed E-state index contributed by atoms with van der Waals surface area (Å²) in [6.07, 6.45) is 2.13. The minimum Gasteiger partial charge on any atom is -0.179 e. The third-order valence-electron chi connectivity index (χ3n) is 2.84. The highest BCUT2D eigenvalue weighted by atomic mass is 32.2. The van der Waals surface area contributed by atoms with Crippen LogP contribution in [0.15, 0.2) is 40.7 Å². The molecule has 0 saturated carbocycles. The van der Waals surface area contributed by atoms with Crippen molar-refractivity contribution in [3.8, 4) is 0 Å². The minimum atomic E-state index is 1.32. The van der Waals surface area contributed by atoms with Crippen LogP contribution in [0.2, 0.25) is 0 Å². The molecule has 0 spiro atoms. The van der Waals surface area contributed by atoms with Crippen molar-refractivity contribution in [3.63, 3.8) is 0 Å². The van der Waals surface area contributed by atoms with Crippen LogP contribution in [-0.4, -0.2) is 6.26 Å². The van der Waals surface area contributed by atoms with Gasteiger partial charge in [-0.1, -0.05) is 35.6 Å². The van der Waals surface area contributed by atoms with Gasteiger partial charge in [0.25, 0.3) is 4.34 Å². The molecule has 0 aliphatic rings. The molecule has 0 aliphatic carbocycles. The first-order valence-corrected chi connectivity index (χ1v) is 7.19. The van der Waals surface area contributed by atoms with Crippen LogP contribution >= 0.6 is 23.1 Å². The molecule has 1 nitrogen and oxygen atoms in total. The average Bonchev–Trinajstić information content (AvgIpc) is 2.66. The molecule has 0 unspecified atom stereocenters. The van der Waals surface area contributed by atoms with E-state index in [1.165, 1.54) is 25.3 Å². The summed E-state index contributed by atoms with van der Waals surface area (Å²) in [5.41, 5.74) is 1.35. The summed E-state index contributed by atoms with van der Waals surface area (Å²) in [5.74, 6) is 0. The summed E-state index contributed by atoms with van der Waals surface area (Å²) in [5, 5.41) is 2.66. The second-order valence-corrected chi connectivity index (χ2v) is 5.85. The first kappa shape index (κ1) is 10.1. The van der Waals surface area contributed by atoms with Crippen molar-refractivity contribution in [2.75, 3.05) is 6.26 Å². The molecule has 0 radical (unpaired) electrons. The number of rotatable bonds is 1. The molecule has 0 aliphatic heterocycles. The zero-order valence-corrected chi connectivity index (χ0v) is 10.9. The van der Waals surface area contributed by atoms with Gasteiger partial charge in [0, 0.05) is 0 Å². The Morgan fingerprint density at radius 2 is 1.94 bits per heavy atom. The van der Waals surface area contributed by atoms with Crippen molar-refractivity contribution in [3.05, 3.63) is 36.4 Å². The number of thioether (sulfide) groups is 1. The predicted octanol–water partition coefficient (Wildman–Crippen LogP) is 3.60. The maximum absolute atomic E-state index is 2.30. The van der Waals surface area contributed by atoms with Crippen LogP contribution in [0.25, 0.3) is 21.0 Å². The Bertz CT molecular complexity index is 670. The number of hydrogen-bond donors (Lipinski definition) is 0. The molecule has 3 rings (SSSR count). The quantitative estimate of drug-likeness (QED) is 0.469. The van der Waals surface area contributed by atoms with E-state index in [0.717, 1.165) is 0 Å². The van der Waals surface area contributed by atoms with Gasteiger partial charge in [0.05, 0.1) is 5.39 Å². The first-order valence-electron chi connectivity index (χ1n) is 5.15. The highest BCUT2D eigenvalue weighted by molar-refractivity contribution is 8.00. The second kappa shape index (κ2) is 3.75. The van der Waals surface area contributed by atoms with Gasteiger partial charge in [-0.25, -0.2) is 0 Å². The summed E-state index contributed by atoms with van der Waals surface area (Å²) in [6, 6.07) is 13.0. The Balaban J connectivity index is 2.54. The fourth-order valence-electron chi connectivity index (χ4n) is 2.10. The standard InChI is InChI=1S/C13H12NS2/c1-14-12-10-6-4-3-5-9(10)7-8-11(12)16-13(14)15-2/h3-8H,1-2H3/q+1. The average molecular weight is 246 g/mol. The molecule has 80 valence electrons. The van der Waals surface area contributed by atoms with Gasteiger partial charge < -0.3 is 0 Å². The molecule has 3 aromatic rings. The lowest BCUT2D eigenvalue weighted by atomic mass is 10.1. The van der Waals surface area contributed by atoms with E-state index in [2.05, 4.69) is 54.3 Å². The van der Waals surface area contributed by atoms with Gasteiger partial charge in [0.15, 0.2) is 0 Å². The van der Waals surface area contributed by atoms with Gasteiger partial charge in [0.2, 0.25) is 5.52 Å². The fraction of sp³-hybridized carbons (Fsp3) is 0.154. The Morgan fingerprint density at radius 1 is 1.12 bits per heavy atom. The fourth-order valence-corrected chi connectivity index (χ4v) is 3.96. The summed E-state index contributed by atoms with van der Waals surface area (Å²) in [4.78, 5) is 0. The molecule has 0 amide bonds. The van der Waals surface area contributed by atoms with E-state index in [0.29, 0.717) is 0 Å². The van der Waals surface area contributed by atoms with E-state index in [-0.39, 0.29) is 0 Å². The molecule has 1 heterocycles. The number of aryl methyl sites for hydroxylation is 1. The lowest BCUT2D eigenvalue weighted by Crippen LogP contribution is -2.28. The van der Waals surface area contributed by atoms with Crippen LogP contribution in [0.3, 0.4) is 0 Å². The molecule has 0 atom stereocenters. The molecule has 0 saturated heterocycles. The molecular weight excluding hydrogens is 234 g/mol. The van der Waals surface area contributed by atoms with Crippen LogP contribution in [0, 0.1) is 0 Å². The molecule has 0 bridgehead atoms. The monoisotopic (exact) mass is 246 g/mol. The Morgan fingerprint density at radius 3 is 2.75 bits per heavy atom. The molecule has 2 aromatic carbocycles. The van der Waals surface area contributed by atoms with Gasteiger partial charge in [-0.3, -0.25) is 0 Å². The molecular formula is C13H12NS2+. The van der Waals surface area contributed by atoms with Gasteiger partial charge in [-0.05, 0) is 35.5 Å². The van der Waals surface area contributed by atoms with E-state index in [1.807, 2.05) is 23.1 Å². The lowest BCUT2D eigenvalue weighted by Gasteiger charge is -1.95. The van der Waals surface area contributed by atoms with Crippen molar-refractivity contribution in [1.82, 2.24) is 0 Å². The zero-order valence-electron chi connectivity index (χ0n) is 9.23. The van der Waals surface area contributed by atoms with Crippen molar-refractivity contribution >= 4 is 44.1 Å². The third kappa shape index (κ3) is 1.35. The molecule has 0 fully saturated rings. The number of benzene rings is 2. The molecule has 16 heavy (non-hydrogen) atoms. The van der Waals surface area contributed by atoms with Crippen molar-refractivity contribution in [1.29, 1.82) is 0 Å². The molecule has 3 heteroatoms. The normalized spacial score (nSPS) is 11.4. The van der Waals surface area contributed by atoms with Crippen molar-refractivity contribution < 1.29 is 4.57 Å². The third-order valence-corrected chi connectivity index (χ3v) is 5.22. The summed E-state index contributed by atoms with van der Waals surface area (Å²) < 4.78 is 5.02. The maximum atomic E-state index is 2.30. The Hall–Kier alpha value is -1.06. The summed E-state index contributed by atoms with van der Waals surface area (Å²) >= 11 is 3.68. The van der Waals surface area contributed by atoms with Gasteiger partial charge in [0.1, 0.15) is 11.7 Å². The van der Waals surface area contributed by atoms with E-state index < -0.39 is 0 Å². The van der Waals surface area contributed by atoms with Crippen molar-refractivity contribution in [2.24, 2.45) is 7.05 Å². The zero-order chi connectivity index (χ0) is 11.1. The SMILES string of the molecule is CSc1sc2ccc3ccccc3c2[n+]1C. The molecule has 0 N–H and O–H groups in total. The van der Waals surface area contributed by atoms with E-state index >= 15 is 0 Å². The molecule has 1 aromatic heterocycles. The van der Waals surface area contributed by atoms with Crippen LogP contribution in [-0.2, 0) is 7.05 Å². The maximum Gasteiger partial charge on any atom is 0.297 e. The van der Waals surface area contributed by atoms with Crippen LogP contribution in [0.5, 0.6) is 0 Å². The van der Waals surface area contributed by atoms with Crippen LogP contribution in [0.4, 0.5) is 0 Å². The van der Waals surface area contributed by atoms with Crippen molar-refractivity contribution in [2.45, 2.75) is 4.34 Å². The number of aromatic nitrogens is 1. The smallest absolute Gasteiger partial charge is 0.179 e. The second-order valence-electron chi connectivity index (χ2n) is 3.76. The van der Waals surface area contributed by atoms with E-state index in [9.17, 15) is 0 Å². The predicted molar refractivity (Wildman–Crippen MR) is 72.3 cm³/mol. The van der Waals surface area contributed by atoms with Crippen LogP contribution in [0.1, 0.15) is 0 Å². The summed E-state index contributed by atoms with van der Waals surface area (Å²) in [6.45, 7) is 0. The number of hydrogen-bond acceptors (Lipinski definition) is 2. The van der Waals surface area contributed by atoms with Gasteiger partial charge in [-0.2, -0.15) is 4.57 Å². The van der Waals surface area contributed by atoms with Gasteiger partial charge in [-0.15, -0.1) is 0 Å². The lowest BCUT2D eigenvalue weighted by molar-refractivity contribution is -0.676.